The van der Waals surface area contributed by atoms with Gasteiger partial charge in [-0.1, -0.05) is 13.8 Å². The van der Waals surface area contributed by atoms with Crippen LogP contribution in [0.1, 0.15) is 46.0 Å². The highest BCUT2D eigenvalue weighted by Gasteiger charge is 2.55. The molecule has 124 valence electrons. The summed E-state index contributed by atoms with van der Waals surface area (Å²) in [5, 5.41) is 5.18. The summed E-state index contributed by atoms with van der Waals surface area (Å²) in [4.78, 5) is 11.1. The third kappa shape index (κ3) is 4.10. The number of carbonyl (C=O) groups excluding carboxylic acids is 1. The van der Waals surface area contributed by atoms with Crippen molar-refractivity contribution >= 4 is 16.1 Å². The number of rotatable bonds is 7. The van der Waals surface area contributed by atoms with Gasteiger partial charge in [-0.15, -0.1) is 0 Å². The summed E-state index contributed by atoms with van der Waals surface area (Å²) in [6.07, 6.45) is 1.36. The molecule has 0 aromatic carbocycles. The zero-order valence-electron chi connectivity index (χ0n) is 11.9. The summed E-state index contributed by atoms with van der Waals surface area (Å²) in [5.74, 6) is -2.23. The first-order valence-corrected chi connectivity index (χ1v) is 8.17. The highest BCUT2D eigenvalue weighted by molar-refractivity contribution is 7.87. The Balaban J connectivity index is 2.48. The molecule has 1 saturated carbocycles. The van der Waals surface area contributed by atoms with Crippen LogP contribution >= 0.6 is 0 Å². The SMILES string of the molecule is CCC(O)(CC)CC1CC(OC(=O)C(F)(F)S(=O)(=O)O)C1. The van der Waals surface area contributed by atoms with Crippen LogP contribution in [0.15, 0.2) is 0 Å². The van der Waals surface area contributed by atoms with Gasteiger partial charge in [0, 0.05) is 0 Å². The van der Waals surface area contributed by atoms with Gasteiger partial charge in [0.25, 0.3) is 0 Å². The van der Waals surface area contributed by atoms with Crippen molar-refractivity contribution < 1.29 is 36.4 Å². The Morgan fingerprint density at radius 2 is 1.76 bits per heavy atom. The molecule has 21 heavy (non-hydrogen) atoms. The Labute approximate surface area is 122 Å². The maximum Gasteiger partial charge on any atom is 0.465 e. The fraction of sp³-hybridized carbons (Fsp3) is 0.917. The zero-order valence-corrected chi connectivity index (χ0v) is 12.7. The Morgan fingerprint density at radius 1 is 1.29 bits per heavy atom. The molecule has 0 unspecified atom stereocenters. The minimum atomic E-state index is -5.83. The number of hydrogen-bond donors (Lipinski definition) is 2. The quantitative estimate of drug-likeness (QED) is 0.544. The normalized spacial score (nSPS) is 23.5. The highest BCUT2D eigenvalue weighted by Crippen LogP contribution is 2.39. The first-order chi connectivity index (χ1) is 9.45. The van der Waals surface area contributed by atoms with E-state index in [9.17, 15) is 27.1 Å². The van der Waals surface area contributed by atoms with Gasteiger partial charge in [-0.2, -0.15) is 17.2 Å². The topological polar surface area (TPSA) is 101 Å². The van der Waals surface area contributed by atoms with Crippen LogP contribution in [0.4, 0.5) is 8.78 Å². The minimum absolute atomic E-state index is 0.0343. The summed E-state index contributed by atoms with van der Waals surface area (Å²) in [7, 11) is -5.83. The number of carbonyl (C=O) groups is 1. The van der Waals surface area contributed by atoms with Gasteiger partial charge in [-0.3, -0.25) is 4.55 Å². The van der Waals surface area contributed by atoms with Crippen LogP contribution in [0.2, 0.25) is 0 Å². The number of aliphatic hydroxyl groups is 1. The first-order valence-electron chi connectivity index (χ1n) is 6.73. The molecule has 2 N–H and O–H groups in total. The molecular formula is C12H20F2O6S. The molecule has 1 rings (SSSR count). The molecule has 6 nitrogen and oxygen atoms in total. The number of alkyl halides is 2. The van der Waals surface area contributed by atoms with Crippen LogP contribution in [0.5, 0.6) is 0 Å². The summed E-state index contributed by atoms with van der Waals surface area (Å²) in [6.45, 7) is 3.68. The predicted molar refractivity (Wildman–Crippen MR) is 69.2 cm³/mol. The molecule has 1 aliphatic rings. The number of halogens is 2. The average molecular weight is 330 g/mol. The third-order valence-corrected chi connectivity index (χ3v) is 4.83. The zero-order chi connectivity index (χ0) is 16.5. The molecule has 0 spiro atoms. The molecule has 0 saturated heterocycles. The number of hydrogen-bond acceptors (Lipinski definition) is 5. The number of ether oxygens (including phenoxy) is 1. The van der Waals surface area contributed by atoms with Gasteiger partial charge in [0.2, 0.25) is 0 Å². The van der Waals surface area contributed by atoms with Crippen LogP contribution in [0, 0.1) is 5.92 Å². The van der Waals surface area contributed by atoms with Crippen molar-refractivity contribution in [3.8, 4) is 0 Å². The lowest BCUT2D eigenvalue weighted by Gasteiger charge is -2.39. The molecule has 0 radical (unpaired) electrons. The van der Waals surface area contributed by atoms with Gasteiger partial charge in [-0.05, 0) is 38.0 Å². The van der Waals surface area contributed by atoms with E-state index in [2.05, 4.69) is 4.74 Å². The van der Waals surface area contributed by atoms with E-state index in [1.54, 1.807) is 0 Å². The van der Waals surface area contributed by atoms with Crippen molar-refractivity contribution in [1.29, 1.82) is 0 Å². The van der Waals surface area contributed by atoms with E-state index >= 15 is 0 Å². The fourth-order valence-corrected chi connectivity index (χ4v) is 2.60. The predicted octanol–water partition coefficient (Wildman–Crippen LogP) is 1.73. The third-order valence-electron chi connectivity index (χ3n) is 4.01. The molecule has 1 aliphatic carbocycles. The standard InChI is InChI=1S/C12H20F2O6S/c1-3-11(16,4-2)7-8-5-9(6-8)20-10(15)12(13,14)21(17,18)19/h8-9,16H,3-7H2,1-2H3,(H,17,18,19). The van der Waals surface area contributed by atoms with Crippen molar-refractivity contribution in [1.82, 2.24) is 0 Å². The Kier molecular flexibility index (Phi) is 5.33. The van der Waals surface area contributed by atoms with E-state index in [0.717, 1.165) is 0 Å². The van der Waals surface area contributed by atoms with Crippen molar-refractivity contribution in [3.05, 3.63) is 0 Å². The molecule has 0 aromatic heterocycles. The molecule has 0 heterocycles. The molecule has 0 aliphatic heterocycles. The lowest BCUT2D eigenvalue weighted by Crippen LogP contribution is -2.45. The lowest BCUT2D eigenvalue weighted by atomic mass is 9.74. The first kappa shape index (κ1) is 18.2. The summed E-state index contributed by atoms with van der Waals surface area (Å²) < 4.78 is 59.4. The molecule has 0 bridgehead atoms. The van der Waals surface area contributed by atoms with Crippen LogP contribution in [-0.2, 0) is 19.6 Å². The van der Waals surface area contributed by atoms with Gasteiger partial charge >= 0.3 is 21.3 Å². The van der Waals surface area contributed by atoms with E-state index in [4.69, 9.17) is 4.55 Å². The largest absolute Gasteiger partial charge is 0.465 e. The Morgan fingerprint density at radius 3 is 2.14 bits per heavy atom. The second kappa shape index (κ2) is 6.13. The molecule has 0 atom stereocenters. The van der Waals surface area contributed by atoms with Gasteiger partial charge in [-0.25, -0.2) is 4.79 Å². The second-order valence-electron chi connectivity index (χ2n) is 5.49. The van der Waals surface area contributed by atoms with E-state index in [0.29, 0.717) is 19.3 Å². The van der Waals surface area contributed by atoms with E-state index in [1.165, 1.54) is 0 Å². The van der Waals surface area contributed by atoms with Crippen LogP contribution in [0.3, 0.4) is 0 Å². The highest BCUT2D eigenvalue weighted by atomic mass is 32.2. The van der Waals surface area contributed by atoms with E-state index < -0.39 is 33.0 Å². The molecule has 9 heteroatoms. The van der Waals surface area contributed by atoms with E-state index in [-0.39, 0.29) is 18.8 Å². The van der Waals surface area contributed by atoms with Gasteiger partial charge < -0.3 is 9.84 Å². The van der Waals surface area contributed by atoms with Crippen molar-refractivity contribution in [2.75, 3.05) is 0 Å². The van der Waals surface area contributed by atoms with Crippen LogP contribution < -0.4 is 0 Å². The van der Waals surface area contributed by atoms with Crippen molar-refractivity contribution in [3.63, 3.8) is 0 Å². The average Bonchev–Trinajstić information content (AvgIpc) is 2.34. The summed E-state index contributed by atoms with van der Waals surface area (Å²) >= 11 is 0. The Bertz CT molecular complexity index is 480. The minimum Gasteiger partial charge on any atom is -0.457 e. The summed E-state index contributed by atoms with van der Waals surface area (Å²) in [6, 6.07) is 0. The second-order valence-corrected chi connectivity index (χ2v) is 6.96. The van der Waals surface area contributed by atoms with Crippen LogP contribution in [-0.4, -0.2) is 41.0 Å². The molecule has 0 amide bonds. The van der Waals surface area contributed by atoms with Crippen LogP contribution in [0.25, 0.3) is 0 Å². The molecular weight excluding hydrogens is 310 g/mol. The van der Waals surface area contributed by atoms with Gasteiger partial charge in [0.1, 0.15) is 6.10 Å². The molecule has 0 aromatic rings. The van der Waals surface area contributed by atoms with Crippen molar-refractivity contribution in [2.45, 2.75) is 62.9 Å². The smallest absolute Gasteiger partial charge is 0.457 e. The van der Waals surface area contributed by atoms with Crippen molar-refractivity contribution in [2.24, 2.45) is 5.92 Å². The van der Waals surface area contributed by atoms with Gasteiger partial charge in [0.05, 0.1) is 5.60 Å². The van der Waals surface area contributed by atoms with Gasteiger partial charge in [0.15, 0.2) is 0 Å². The molecule has 1 fully saturated rings. The van der Waals surface area contributed by atoms with E-state index in [1.807, 2.05) is 13.8 Å². The fourth-order valence-electron chi connectivity index (χ4n) is 2.34. The maximum absolute atomic E-state index is 13.0. The maximum atomic E-state index is 13.0. The Hall–Kier alpha value is -0.800. The lowest BCUT2D eigenvalue weighted by molar-refractivity contribution is -0.174. The number of esters is 1. The monoisotopic (exact) mass is 330 g/mol. The summed E-state index contributed by atoms with van der Waals surface area (Å²) in [5.41, 5.74) is -0.821.